The van der Waals surface area contributed by atoms with Crippen molar-refractivity contribution in [2.24, 2.45) is 0 Å². The quantitative estimate of drug-likeness (QED) is 0.770. The fourth-order valence-electron chi connectivity index (χ4n) is 0.765. The van der Waals surface area contributed by atoms with Crippen molar-refractivity contribution in [3.05, 3.63) is 35.4 Å². The third kappa shape index (κ3) is 13.4. The molecule has 0 saturated carbocycles. The Kier molecular flexibility index (Phi) is 11.1. The number of rotatable bonds is 2. The maximum atomic E-state index is 10.0. The van der Waals surface area contributed by atoms with Crippen molar-refractivity contribution in [1.29, 1.82) is 0 Å². The Hall–Kier alpha value is -0.618. The average Bonchev–Trinajstić information content (AvgIpc) is 2.03. The molecule has 0 amide bonds. The fraction of sp³-hybridized carbons (Fsp3) is 0.273. The standard InChI is InChI=1S/C6H5Cl.C5H8O2.Cr/c7-6-4-2-1-3-5-6;1-4(6)3-5(2)7;/h1-5H;3H2,1-2H3;. The molecule has 0 unspecified atom stereocenters. The zero-order valence-corrected chi connectivity index (χ0v) is 10.7. The molecule has 2 nitrogen and oxygen atoms in total. The van der Waals surface area contributed by atoms with E-state index < -0.39 is 0 Å². The van der Waals surface area contributed by atoms with Crippen molar-refractivity contribution in [3.63, 3.8) is 0 Å². The second-order valence-corrected chi connectivity index (χ2v) is 3.31. The minimum atomic E-state index is -0.0625. The van der Waals surface area contributed by atoms with Crippen LogP contribution in [-0.2, 0) is 27.0 Å². The predicted molar refractivity (Wildman–Crippen MR) is 57.4 cm³/mol. The van der Waals surface area contributed by atoms with Gasteiger partial charge in [0.05, 0.1) is 6.42 Å². The van der Waals surface area contributed by atoms with E-state index in [4.69, 9.17) is 11.6 Å². The molecular weight excluding hydrogens is 252 g/mol. The van der Waals surface area contributed by atoms with Crippen LogP contribution in [0.3, 0.4) is 0 Å². The first-order chi connectivity index (χ1) is 6.52. The number of carbonyl (C=O) groups excluding carboxylic acids is 2. The van der Waals surface area contributed by atoms with E-state index in [1.807, 2.05) is 30.3 Å². The van der Waals surface area contributed by atoms with Crippen LogP contribution in [0.2, 0.25) is 5.02 Å². The van der Waals surface area contributed by atoms with E-state index >= 15 is 0 Å². The zero-order valence-electron chi connectivity index (χ0n) is 8.70. The zero-order chi connectivity index (χ0) is 11.0. The summed E-state index contributed by atoms with van der Waals surface area (Å²) >= 11 is 5.54. The van der Waals surface area contributed by atoms with Gasteiger partial charge in [0.2, 0.25) is 0 Å². The minimum absolute atomic E-state index is 0. The van der Waals surface area contributed by atoms with Crippen LogP contribution in [0.25, 0.3) is 0 Å². The van der Waals surface area contributed by atoms with Gasteiger partial charge in [0, 0.05) is 22.4 Å². The van der Waals surface area contributed by atoms with E-state index in [0.717, 1.165) is 5.02 Å². The molecule has 15 heavy (non-hydrogen) atoms. The molecule has 0 saturated heterocycles. The van der Waals surface area contributed by atoms with E-state index in [0.29, 0.717) is 0 Å². The molecule has 1 aromatic carbocycles. The first-order valence-corrected chi connectivity index (χ1v) is 4.59. The van der Waals surface area contributed by atoms with Crippen LogP contribution in [0.1, 0.15) is 20.3 Å². The number of Topliss-reactive ketones (excluding diaryl/α,β-unsaturated/α-hetero) is 2. The largest absolute Gasteiger partial charge is 0.300 e. The summed E-state index contributed by atoms with van der Waals surface area (Å²) in [5.74, 6) is -0.125. The van der Waals surface area contributed by atoms with E-state index in [9.17, 15) is 9.59 Å². The summed E-state index contributed by atoms with van der Waals surface area (Å²) in [5, 5.41) is 0.794. The molecule has 1 rings (SSSR count). The van der Waals surface area contributed by atoms with Crippen molar-refractivity contribution in [1.82, 2.24) is 0 Å². The van der Waals surface area contributed by atoms with Crippen LogP contribution in [-0.4, -0.2) is 11.6 Å². The number of ketones is 2. The monoisotopic (exact) mass is 264 g/mol. The van der Waals surface area contributed by atoms with Gasteiger partial charge in [-0.1, -0.05) is 29.8 Å². The number of benzene rings is 1. The molecule has 82 valence electrons. The van der Waals surface area contributed by atoms with Crippen molar-refractivity contribution in [2.45, 2.75) is 20.3 Å². The first kappa shape index (κ1) is 16.8. The molecule has 0 radical (unpaired) electrons. The molecule has 0 heterocycles. The van der Waals surface area contributed by atoms with Crippen molar-refractivity contribution < 1.29 is 27.0 Å². The maximum Gasteiger partial charge on any atom is 0.137 e. The predicted octanol–water partition coefficient (Wildman–Crippen LogP) is 2.89. The average molecular weight is 265 g/mol. The van der Waals surface area contributed by atoms with Crippen LogP contribution in [0, 0.1) is 0 Å². The third-order valence-electron chi connectivity index (χ3n) is 1.23. The Morgan fingerprint density at radius 1 is 1.07 bits per heavy atom. The Labute approximate surface area is 106 Å². The Morgan fingerprint density at radius 2 is 1.47 bits per heavy atom. The van der Waals surface area contributed by atoms with Crippen LogP contribution in [0.15, 0.2) is 30.3 Å². The van der Waals surface area contributed by atoms with Crippen LogP contribution in [0.4, 0.5) is 0 Å². The maximum absolute atomic E-state index is 10.0. The summed E-state index contributed by atoms with van der Waals surface area (Å²) in [5.41, 5.74) is 0. The molecule has 1 aromatic rings. The van der Waals surface area contributed by atoms with E-state index in [2.05, 4.69) is 0 Å². The molecule has 0 spiro atoms. The Morgan fingerprint density at radius 3 is 1.60 bits per heavy atom. The van der Waals surface area contributed by atoms with Crippen molar-refractivity contribution >= 4 is 23.2 Å². The molecule has 0 atom stereocenters. The second kappa shape index (κ2) is 9.92. The summed E-state index contributed by atoms with van der Waals surface area (Å²) < 4.78 is 0. The van der Waals surface area contributed by atoms with Crippen LogP contribution >= 0.6 is 11.6 Å². The number of carbonyl (C=O) groups is 2. The van der Waals surface area contributed by atoms with Gasteiger partial charge < -0.3 is 0 Å². The Balaban J connectivity index is 0. The van der Waals surface area contributed by atoms with E-state index in [-0.39, 0.29) is 35.3 Å². The molecule has 0 aliphatic carbocycles. The molecule has 0 fully saturated rings. The summed E-state index contributed by atoms with van der Waals surface area (Å²) in [6.07, 6.45) is 0.0833. The van der Waals surface area contributed by atoms with Gasteiger partial charge in [-0.2, -0.15) is 0 Å². The van der Waals surface area contributed by atoms with Crippen LogP contribution in [0.5, 0.6) is 0 Å². The summed E-state index contributed by atoms with van der Waals surface area (Å²) in [6.45, 7) is 2.81. The molecule has 0 bridgehead atoms. The molecule has 0 aliphatic rings. The van der Waals surface area contributed by atoms with Gasteiger partial charge in [-0.3, -0.25) is 9.59 Å². The number of hydrogen-bond acceptors (Lipinski definition) is 2. The third-order valence-corrected chi connectivity index (χ3v) is 1.48. The summed E-state index contributed by atoms with van der Waals surface area (Å²) in [7, 11) is 0. The second-order valence-electron chi connectivity index (χ2n) is 2.88. The molecule has 0 N–H and O–H groups in total. The molecular formula is C11H13ClCrO2. The van der Waals surface area contributed by atoms with E-state index in [1.165, 1.54) is 13.8 Å². The molecule has 0 aromatic heterocycles. The normalized spacial score (nSPS) is 7.93. The van der Waals surface area contributed by atoms with E-state index in [1.54, 1.807) is 0 Å². The smallest absolute Gasteiger partial charge is 0.137 e. The summed E-state index contributed by atoms with van der Waals surface area (Å²) in [6, 6.07) is 9.44. The number of hydrogen-bond donors (Lipinski definition) is 0. The topological polar surface area (TPSA) is 34.1 Å². The van der Waals surface area contributed by atoms with Crippen molar-refractivity contribution in [3.8, 4) is 0 Å². The van der Waals surface area contributed by atoms with Crippen molar-refractivity contribution in [2.75, 3.05) is 0 Å². The Bertz CT molecular complexity index is 287. The minimum Gasteiger partial charge on any atom is -0.300 e. The molecule has 0 aliphatic heterocycles. The van der Waals surface area contributed by atoms with Gasteiger partial charge in [0.1, 0.15) is 11.6 Å². The van der Waals surface area contributed by atoms with Gasteiger partial charge in [-0.05, 0) is 26.0 Å². The number of halogens is 1. The SMILES string of the molecule is CC(=O)CC(C)=O.Clc1ccccc1.[Cr]. The van der Waals surface area contributed by atoms with Gasteiger partial charge in [-0.25, -0.2) is 0 Å². The van der Waals surface area contributed by atoms with Gasteiger partial charge in [0.15, 0.2) is 0 Å². The summed E-state index contributed by atoms with van der Waals surface area (Å²) in [4.78, 5) is 20.1. The van der Waals surface area contributed by atoms with Gasteiger partial charge in [-0.15, -0.1) is 0 Å². The fourth-order valence-corrected chi connectivity index (χ4v) is 0.911. The van der Waals surface area contributed by atoms with Crippen LogP contribution < -0.4 is 0 Å². The van der Waals surface area contributed by atoms with Gasteiger partial charge >= 0.3 is 0 Å². The van der Waals surface area contributed by atoms with Gasteiger partial charge in [0.25, 0.3) is 0 Å². The molecule has 4 heteroatoms. The first-order valence-electron chi connectivity index (χ1n) is 4.22.